The number of nitrogens with one attached hydrogen (secondary N) is 1. The average molecular weight is 287 g/mol. The second kappa shape index (κ2) is 6.03. The lowest BCUT2D eigenvalue weighted by molar-refractivity contribution is -0.136. The smallest absolute Gasteiger partial charge is 0.323 e. The largest absolute Gasteiger partial charge is 0.496 e. The van der Waals surface area contributed by atoms with E-state index in [9.17, 15) is 13.2 Å². The number of methoxy groups -OCH3 is 1. The van der Waals surface area contributed by atoms with Gasteiger partial charge in [-0.3, -0.25) is 4.79 Å². The fraction of sp³-hybridized carbons (Fsp3) is 0.417. The van der Waals surface area contributed by atoms with Crippen LogP contribution in [0.4, 0.5) is 0 Å². The summed E-state index contributed by atoms with van der Waals surface area (Å²) in [6.07, 6.45) is 0. The van der Waals surface area contributed by atoms with Crippen molar-refractivity contribution in [1.29, 1.82) is 0 Å². The van der Waals surface area contributed by atoms with Crippen molar-refractivity contribution >= 4 is 16.0 Å². The number of sulfonamides is 1. The van der Waals surface area contributed by atoms with Crippen molar-refractivity contribution in [1.82, 2.24) is 4.72 Å². The van der Waals surface area contributed by atoms with Gasteiger partial charge in [-0.15, -0.1) is 0 Å². The lowest BCUT2D eigenvalue weighted by atomic mass is 10.1. The quantitative estimate of drug-likeness (QED) is 0.818. The Bertz CT molecular complexity index is 555. The van der Waals surface area contributed by atoms with Gasteiger partial charge in [0.1, 0.15) is 5.75 Å². The maximum Gasteiger partial charge on any atom is 0.323 e. The van der Waals surface area contributed by atoms with Crippen LogP contribution in [0.3, 0.4) is 0 Å². The zero-order chi connectivity index (χ0) is 14.6. The normalized spacial score (nSPS) is 14.7. The number of carboxylic acid groups (broad SMARTS) is 1. The van der Waals surface area contributed by atoms with Gasteiger partial charge in [0, 0.05) is 11.6 Å². The molecular formula is C12H17NO5S. The van der Waals surface area contributed by atoms with Crippen LogP contribution in [-0.2, 0) is 14.8 Å². The van der Waals surface area contributed by atoms with E-state index in [4.69, 9.17) is 9.84 Å². The minimum Gasteiger partial charge on any atom is -0.496 e. The fourth-order valence-corrected chi connectivity index (χ4v) is 2.66. The van der Waals surface area contributed by atoms with Crippen LogP contribution in [0.2, 0.25) is 0 Å². The molecule has 0 fully saturated rings. The lowest BCUT2D eigenvalue weighted by Crippen LogP contribution is -2.38. The highest BCUT2D eigenvalue weighted by Crippen LogP contribution is 2.25. The van der Waals surface area contributed by atoms with Crippen LogP contribution in [0.25, 0.3) is 0 Å². The Balaban J connectivity index is 2.97. The van der Waals surface area contributed by atoms with E-state index in [1.165, 1.54) is 7.11 Å². The first kappa shape index (κ1) is 15.5. The molecule has 6 nitrogen and oxygen atoms in total. The van der Waals surface area contributed by atoms with Gasteiger partial charge in [-0.1, -0.05) is 18.2 Å². The first-order valence-electron chi connectivity index (χ1n) is 5.66. The summed E-state index contributed by atoms with van der Waals surface area (Å²) in [5.74, 6) is -0.847. The van der Waals surface area contributed by atoms with E-state index >= 15 is 0 Å². The molecule has 0 saturated heterocycles. The lowest BCUT2D eigenvalue weighted by Gasteiger charge is -2.18. The number of hydrogen-bond donors (Lipinski definition) is 2. The van der Waals surface area contributed by atoms with E-state index < -0.39 is 27.3 Å². The van der Waals surface area contributed by atoms with Crippen LogP contribution in [0.1, 0.15) is 25.5 Å². The van der Waals surface area contributed by atoms with Crippen LogP contribution in [-0.4, -0.2) is 31.9 Å². The zero-order valence-electron chi connectivity index (χ0n) is 11.0. The van der Waals surface area contributed by atoms with Gasteiger partial charge in [0.05, 0.1) is 7.11 Å². The first-order valence-corrected chi connectivity index (χ1v) is 7.21. The summed E-state index contributed by atoms with van der Waals surface area (Å²) in [4.78, 5) is 10.7. The van der Waals surface area contributed by atoms with Gasteiger partial charge in [0.25, 0.3) is 0 Å². The molecule has 1 unspecified atom stereocenters. The van der Waals surface area contributed by atoms with Crippen molar-refractivity contribution in [2.24, 2.45) is 0 Å². The molecule has 0 aliphatic rings. The Morgan fingerprint density at radius 3 is 2.42 bits per heavy atom. The van der Waals surface area contributed by atoms with E-state index in [2.05, 4.69) is 4.72 Å². The Morgan fingerprint density at radius 1 is 1.32 bits per heavy atom. The molecule has 106 valence electrons. The summed E-state index contributed by atoms with van der Waals surface area (Å²) in [5.41, 5.74) is 0.645. The molecule has 1 aromatic rings. The van der Waals surface area contributed by atoms with Gasteiger partial charge < -0.3 is 9.84 Å². The van der Waals surface area contributed by atoms with Crippen LogP contribution in [0, 0.1) is 0 Å². The summed E-state index contributed by atoms with van der Waals surface area (Å²) in [6, 6.07) is 6.37. The third kappa shape index (κ3) is 3.68. The highest BCUT2D eigenvalue weighted by atomic mass is 32.2. The van der Waals surface area contributed by atoms with Crippen molar-refractivity contribution in [3.05, 3.63) is 29.8 Å². The topological polar surface area (TPSA) is 92.7 Å². The molecule has 0 aromatic heterocycles. The number of ether oxygens (including phenoxy) is 1. The van der Waals surface area contributed by atoms with Crippen molar-refractivity contribution in [2.45, 2.75) is 25.1 Å². The predicted octanol–water partition coefficient (Wildman–Crippen LogP) is 1.15. The van der Waals surface area contributed by atoms with Crippen LogP contribution in [0.15, 0.2) is 24.3 Å². The maximum absolute atomic E-state index is 11.8. The van der Waals surface area contributed by atoms with Gasteiger partial charge >= 0.3 is 5.97 Å². The summed E-state index contributed by atoms with van der Waals surface area (Å²) in [5, 5.41) is 7.25. The number of aliphatic carboxylic acids is 1. The first-order chi connectivity index (χ1) is 8.79. The molecule has 0 aliphatic heterocycles. The molecule has 0 spiro atoms. The summed E-state index contributed by atoms with van der Waals surface area (Å²) in [6.45, 7) is 2.75. The molecule has 0 saturated carbocycles. The monoisotopic (exact) mass is 287 g/mol. The van der Waals surface area contributed by atoms with Gasteiger partial charge in [-0.2, -0.15) is 0 Å². The van der Waals surface area contributed by atoms with E-state index in [1.807, 2.05) is 0 Å². The highest BCUT2D eigenvalue weighted by molar-refractivity contribution is 7.90. The number of carboxylic acids is 1. The average Bonchev–Trinajstić information content (AvgIpc) is 2.36. The number of carbonyl (C=O) groups is 1. The standard InChI is InChI=1S/C12H17NO5S/c1-8(10-6-4-5-7-11(10)18-3)13-19(16,17)9(2)12(14)15/h4-9,13H,1-3H3,(H,14,15)/t8-,9?/m0/s1. The van der Waals surface area contributed by atoms with Crippen LogP contribution < -0.4 is 9.46 Å². The molecule has 2 N–H and O–H groups in total. The van der Waals surface area contributed by atoms with E-state index in [1.54, 1.807) is 31.2 Å². The van der Waals surface area contributed by atoms with Gasteiger partial charge in [0.2, 0.25) is 10.0 Å². The Morgan fingerprint density at radius 2 is 1.89 bits per heavy atom. The van der Waals surface area contributed by atoms with Crippen LogP contribution in [0.5, 0.6) is 5.75 Å². The maximum atomic E-state index is 11.8. The molecule has 1 aromatic carbocycles. The molecule has 7 heteroatoms. The molecule has 0 amide bonds. The number of benzene rings is 1. The third-order valence-corrected chi connectivity index (χ3v) is 4.57. The second-order valence-corrected chi connectivity index (χ2v) is 6.14. The molecular weight excluding hydrogens is 270 g/mol. The Kier molecular flexibility index (Phi) is 4.90. The van der Waals surface area contributed by atoms with Gasteiger partial charge in [-0.25, -0.2) is 13.1 Å². The van der Waals surface area contributed by atoms with Gasteiger partial charge in [-0.05, 0) is 19.9 Å². The molecule has 0 heterocycles. The number of para-hydroxylation sites is 1. The van der Waals surface area contributed by atoms with Crippen molar-refractivity contribution in [3.63, 3.8) is 0 Å². The van der Waals surface area contributed by atoms with Crippen molar-refractivity contribution < 1.29 is 23.1 Å². The fourth-order valence-electron chi connectivity index (χ4n) is 1.57. The SMILES string of the molecule is COc1ccccc1[C@H](C)NS(=O)(=O)C(C)C(=O)O. The number of rotatable bonds is 6. The zero-order valence-corrected chi connectivity index (χ0v) is 11.8. The minimum atomic E-state index is -3.94. The van der Waals surface area contributed by atoms with Crippen LogP contribution >= 0.6 is 0 Å². The van der Waals surface area contributed by atoms with E-state index in [0.717, 1.165) is 6.92 Å². The van der Waals surface area contributed by atoms with Crippen molar-refractivity contribution in [2.75, 3.05) is 7.11 Å². The summed E-state index contributed by atoms with van der Waals surface area (Å²) < 4.78 is 31.1. The third-order valence-electron chi connectivity index (χ3n) is 2.76. The van der Waals surface area contributed by atoms with Gasteiger partial charge in [0.15, 0.2) is 5.25 Å². The molecule has 1 rings (SSSR count). The summed E-state index contributed by atoms with van der Waals surface area (Å²) >= 11 is 0. The molecule has 0 radical (unpaired) electrons. The summed E-state index contributed by atoms with van der Waals surface area (Å²) in [7, 11) is -2.45. The molecule has 2 atom stereocenters. The van der Waals surface area contributed by atoms with E-state index in [-0.39, 0.29) is 0 Å². The molecule has 19 heavy (non-hydrogen) atoms. The molecule has 0 aliphatic carbocycles. The number of hydrogen-bond acceptors (Lipinski definition) is 4. The van der Waals surface area contributed by atoms with Crippen molar-refractivity contribution in [3.8, 4) is 5.75 Å². The molecule has 0 bridgehead atoms. The highest BCUT2D eigenvalue weighted by Gasteiger charge is 2.29. The van der Waals surface area contributed by atoms with E-state index in [0.29, 0.717) is 11.3 Å². The Labute approximate surface area is 112 Å². The Hall–Kier alpha value is -1.60. The second-order valence-electron chi connectivity index (χ2n) is 4.11. The predicted molar refractivity (Wildman–Crippen MR) is 70.6 cm³/mol. The minimum absolute atomic E-state index is 0.542.